The summed E-state index contributed by atoms with van der Waals surface area (Å²) < 4.78 is 0. The zero-order chi connectivity index (χ0) is 15.3. The highest BCUT2D eigenvalue weighted by Crippen LogP contribution is 2.23. The van der Waals surface area contributed by atoms with Crippen molar-refractivity contribution < 1.29 is 0 Å². The van der Waals surface area contributed by atoms with Crippen LogP contribution in [0.15, 0.2) is 6.07 Å². The third kappa shape index (κ3) is 6.38. The molecule has 1 N–H and O–H groups in total. The van der Waals surface area contributed by atoms with Crippen LogP contribution in [-0.4, -0.2) is 23.5 Å². The van der Waals surface area contributed by atoms with Crippen molar-refractivity contribution in [3.8, 4) is 0 Å². The van der Waals surface area contributed by atoms with Gasteiger partial charge in [-0.2, -0.15) is 0 Å². The van der Waals surface area contributed by atoms with Crippen molar-refractivity contribution in [2.24, 2.45) is 5.92 Å². The lowest BCUT2D eigenvalue weighted by atomic mass is 10.1. The zero-order valence-electron chi connectivity index (χ0n) is 14.3. The van der Waals surface area contributed by atoms with Crippen molar-refractivity contribution in [1.82, 2.24) is 10.2 Å². The quantitative estimate of drug-likeness (QED) is 0.801. The summed E-state index contributed by atoms with van der Waals surface area (Å²) >= 11 is 1.94. The second-order valence-corrected chi connectivity index (χ2v) is 8.46. The third-order valence-electron chi connectivity index (χ3n) is 3.33. The van der Waals surface area contributed by atoms with E-state index >= 15 is 0 Å². The fraction of sp³-hybridized carbons (Fsp3) is 0.765. The minimum atomic E-state index is 0.186. The average Bonchev–Trinajstić information content (AvgIpc) is 2.65. The SMILES string of the molecule is CCN(Cc1cc(CNC(C)(C)C)sc1C)CC(C)C. The first-order chi connectivity index (χ1) is 9.21. The molecule has 1 heterocycles. The first kappa shape index (κ1) is 17.7. The predicted molar refractivity (Wildman–Crippen MR) is 91.4 cm³/mol. The monoisotopic (exact) mass is 296 g/mol. The molecule has 1 aromatic heterocycles. The Hall–Kier alpha value is -0.380. The van der Waals surface area contributed by atoms with Gasteiger partial charge in [-0.3, -0.25) is 4.90 Å². The van der Waals surface area contributed by atoms with E-state index in [1.54, 1.807) is 0 Å². The van der Waals surface area contributed by atoms with Gasteiger partial charge in [-0.15, -0.1) is 11.3 Å². The predicted octanol–water partition coefficient (Wildman–Crippen LogP) is 4.42. The molecule has 0 aromatic carbocycles. The second kappa shape index (κ2) is 7.58. The minimum Gasteiger partial charge on any atom is -0.307 e. The Balaban J connectivity index is 2.65. The standard InChI is InChI=1S/C17H32N2S/c1-8-19(11-13(2)3)12-15-9-16(20-14(15)4)10-18-17(5,6)7/h9,13,18H,8,10-12H2,1-7H3. The number of thiophene rings is 1. The first-order valence-corrected chi connectivity index (χ1v) is 8.58. The number of nitrogens with one attached hydrogen (secondary N) is 1. The Morgan fingerprint density at radius 1 is 1.30 bits per heavy atom. The van der Waals surface area contributed by atoms with Crippen molar-refractivity contribution in [1.29, 1.82) is 0 Å². The van der Waals surface area contributed by atoms with Gasteiger partial charge in [0.15, 0.2) is 0 Å². The Bertz CT molecular complexity index is 402. The van der Waals surface area contributed by atoms with E-state index in [0.29, 0.717) is 0 Å². The van der Waals surface area contributed by atoms with E-state index in [1.165, 1.54) is 21.9 Å². The fourth-order valence-electron chi connectivity index (χ4n) is 2.25. The van der Waals surface area contributed by atoms with Crippen molar-refractivity contribution >= 4 is 11.3 Å². The molecule has 1 aromatic rings. The number of hydrogen-bond acceptors (Lipinski definition) is 3. The summed E-state index contributed by atoms with van der Waals surface area (Å²) in [6.07, 6.45) is 0. The van der Waals surface area contributed by atoms with E-state index in [4.69, 9.17) is 0 Å². The normalized spacial score (nSPS) is 12.7. The van der Waals surface area contributed by atoms with Gasteiger partial charge in [0.1, 0.15) is 0 Å². The van der Waals surface area contributed by atoms with Gasteiger partial charge in [0.2, 0.25) is 0 Å². The molecule has 0 aliphatic rings. The molecule has 0 bridgehead atoms. The third-order valence-corrected chi connectivity index (χ3v) is 4.42. The summed E-state index contributed by atoms with van der Waals surface area (Å²) in [5.41, 5.74) is 1.69. The average molecular weight is 297 g/mol. The Labute approximate surface area is 129 Å². The van der Waals surface area contributed by atoms with Crippen LogP contribution in [0, 0.1) is 12.8 Å². The molecule has 3 heteroatoms. The van der Waals surface area contributed by atoms with Crippen LogP contribution < -0.4 is 5.32 Å². The molecule has 20 heavy (non-hydrogen) atoms. The largest absolute Gasteiger partial charge is 0.307 e. The molecule has 0 aliphatic carbocycles. The molecule has 0 atom stereocenters. The molecule has 0 fully saturated rings. The summed E-state index contributed by atoms with van der Waals surface area (Å²) in [4.78, 5) is 5.46. The second-order valence-electron chi connectivity index (χ2n) is 7.12. The highest BCUT2D eigenvalue weighted by Gasteiger charge is 2.13. The van der Waals surface area contributed by atoms with E-state index in [0.717, 1.165) is 25.6 Å². The molecule has 116 valence electrons. The maximum absolute atomic E-state index is 3.58. The highest BCUT2D eigenvalue weighted by atomic mass is 32.1. The fourth-order valence-corrected chi connectivity index (χ4v) is 3.24. The van der Waals surface area contributed by atoms with Crippen LogP contribution in [0.1, 0.15) is 56.9 Å². The van der Waals surface area contributed by atoms with Crippen molar-refractivity contribution in [2.45, 2.75) is 67.1 Å². The van der Waals surface area contributed by atoms with Crippen LogP contribution >= 0.6 is 11.3 Å². The molecule has 0 spiro atoms. The van der Waals surface area contributed by atoms with Crippen molar-refractivity contribution in [2.75, 3.05) is 13.1 Å². The van der Waals surface area contributed by atoms with Gasteiger partial charge in [0.05, 0.1) is 0 Å². The smallest absolute Gasteiger partial charge is 0.0304 e. The molecule has 2 nitrogen and oxygen atoms in total. The van der Waals surface area contributed by atoms with Crippen LogP contribution in [0.25, 0.3) is 0 Å². The van der Waals surface area contributed by atoms with Gasteiger partial charge in [-0.05, 0) is 51.8 Å². The van der Waals surface area contributed by atoms with Crippen molar-refractivity contribution in [3.05, 3.63) is 21.4 Å². The molecule has 0 amide bonds. The number of aryl methyl sites for hydroxylation is 1. The molecule has 0 unspecified atom stereocenters. The van der Waals surface area contributed by atoms with Gasteiger partial charge < -0.3 is 5.32 Å². The molecular weight excluding hydrogens is 264 g/mol. The van der Waals surface area contributed by atoms with E-state index < -0.39 is 0 Å². The topological polar surface area (TPSA) is 15.3 Å². The van der Waals surface area contributed by atoms with Crippen LogP contribution in [-0.2, 0) is 13.1 Å². The van der Waals surface area contributed by atoms with Crippen LogP contribution in [0.4, 0.5) is 0 Å². The first-order valence-electron chi connectivity index (χ1n) is 7.76. The molecule has 0 radical (unpaired) electrons. The Kier molecular flexibility index (Phi) is 6.70. The summed E-state index contributed by atoms with van der Waals surface area (Å²) in [6, 6.07) is 2.39. The van der Waals surface area contributed by atoms with Crippen molar-refractivity contribution in [3.63, 3.8) is 0 Å². The van der Waals surface area contributed by atoms with Gasteiger partial charge in [-0.25, -0.2) is 0 Å². The van der Waals surface area contributed by atoms with Crippen LogP contribution in [0.5, 0.6) is 0 Å². The van der Waals surface area contributed by atoms with Gasteiger partial charge in [0.25, 0.3) is 0 Å². The zero-order valence-corrected chi connectivity index (χ0v) is 15.2. The van der Waals surface area contributed by atoms with E-state index in [1.807, 2.05) is 11.3 Å². The number of rotatable bonds is 7. The van der Waals surface area contributed by atoms with Gasteiger partial charge >= 0.3 is 0 Å². The van der Waals surface area contributed by atoms with Crippen LogP contribution in [0.3, 0.4) is 0 Å². The molecule has 1 rings (SSSR count). The van der Waals surface area contributed by atoms with Gasteiger partial charge in [0, 0.05) is 34.9 Å². The molecule has 0 saturated heterocycles. The molecule has 0 aliphatic heterocycles. The summed E-state index contributed by atoms with van der Waals surface area (Å²) in [6.45, 7) is 20.1. The molecular formula is C17H32N2S. The highest BCUT2D eigenvalue weighted by molar-refractivity contribution is 7.12. The van der Waals surface area contributed by atoms with E-state index in [9.17, 15) is 0 Å². The Morgan fingerprint density at radius 3 is 2.45 bits per heavy atom. The lowest BCUT2D eigenvalue weighted by Crippen LogP contribution is -2.34. The maximum Gasteiger partial charge on any atom is 0.0304 e. The minimum absolute atomic E-state index is 0.186. The lowest BCUT2D eigenvalue weighted by Gasteiger charge is -2.22. The Morgan fingerprint density at radius 2 is 1.95 bits per heavy atom. The van der Waals surface area contributed by atoms with E-state index in [2.05, 4.69) is 64.7 Å². The summed E-state index contributed by atoms with van der Waals surface area (Å²) in [5.74, 6) is 0.732. The molecule has 0 saturated carbocycles. The maximum atomic E-state index is 3.58. The van der Waals surface area contributed by atoms with E-state index in [-0.39, 0.29) is 5.54 Å². The summed E-state index contributed by atoms with van der Waals surface area (Å²) in [5, 5.41) is 3.58. The number of nitrogens with zero attached hydrogens (tertiary/aromatic N) is 1. The number of hydrogen-bond donors (Lipinski definition) is 1. The van der Waals surface area contributed by atoms with Gasteiger partial charge in [-0.1, -0.05) is 20.8 Å². The van der Waals surface area contributed by atoms with Crippen LogP contribution in [0.2, 0.25) is 0 Å². The summed E-state index contributed by atoms with van der Waals surface area (Å²) in [7, 11) is 0. The lowest BCUT2D eigenvalue weighted by molar-refractivity contribution is 0.248.